The lowest BCUT2D eigenvalue weighted by Crippen LogP contribution is -2.34. The maximum atomic E-state index is 9.84. The van der Waals surface area contributed by atoms with Gasteiger partial charge in [-0.15, -0.1) is 0 Å². The summed E-state index contributed by atoms with van der Waals surface area (Å²) in [6, 6.07) is 9.54. The zero-order chi connectivity index (χ0) is 13.2. The van der Waals surface area contributed by atoms with Crippen molar-refractivity contribution >= 4 is 0 Å². The number of para-hydroxylation sites is 1. The molecule has 1 atom stereocenters. The highest BCUT2D eigenvalue weighted by molar-refractivity contribution is 5.20. The van der Waals surface area contributed by atoms with Gasteiger partial charge in [0.25, 0.3) is 0 Å². The van der Waals surface area contributed by atoms with Gasteiger partial charge in [0, 0.05) is 26.8 Å². The Bertz CT molecular complexity index is 305. The number of nitrogens with zero attached hydrogens (tertiary/aromatic N) is 1. The zero-order valence-electron chi connectivity index (χ0n) is 11.2. The molecule has 18 heavy (non-hydrogen) atoms. The number of rotatable bonds is 9. The van der Waals surface area contributed by atoms with Gasteiger partial charge >= 0.3 is 0 Å². The van der Waals surface area contributed by atoms with Gasteiger partial charge in [0.1, 0.15) is 18.5 Å². The summed E-state index contributed by atoms with van der Waals surface area (Å²) in [6.45, 7) is 2.59. The first-order valence-electron chi connectivity index (χ1n) is 6.25. The van der Waals surface area contributed by atoms with Crippen LogP contribution in [0.25, 0.3) is 0 Å². The minimum Gasteiger partial charge on any atom is -0.491 e. The summed E-state index contributed by atoms with van der Waals surface area (Å²) in [5.41, 5.74) is 0. The third kappa shape index (κ3) is 6.59. The molecule has 4 heteroatoms. The maximum Gasteiger partial charge on any atom is 0.119 e. The molecule has 0 aliphatic rings. The Balaban J connectivity index is 2.15. The molecule has 1 rings (SSSR count). The molecule has 0 heterocycles. The molecular weight excluding hydrogens is 230 g/mol. The molecule has 0 bridgehead atoms. The lowest BCUT2D eigenvalue weighted by molar-refractivity contribution is 0.0732. The Morgan fingerprint density at radius 1 is 1.28 bits per heavy atom. The Hall–Kier alpha value is -1.10. The number of aliphatic hydroxyl groups excluding tert-OH is 1. The van der Waals surface area contributed by atoms with Gasteiger partial charge in [-0.25, -0.2) is 0 Å². The summed E-state index contributed by atoms with van der Waals surface area (Å²) < 4.78 is 10.5. The highest BCUT2D eigenvalue weighted by Crippen LogP contribution is 2.08. The van der Waals surface area contributed by atoms with Crippen LogP contribution in [-0.4, -0.2) is 56.6 Å². The van der Waals surface area contributed by atoms with Crippen molar-refractivity contribution in [3.05, 3.63) is 30.3 Å². The minimum atomic E-state index is -0.474. The Labute approximate surface area is 109 Å². The van der Waals surface area contributed by atoms with Gasteiger partial charge in [-0.2, -0.15) is 0 Å². The predicted molar refractivity (Wildman–Crippen MR) is 71.9 cm³/mol. The smallest absolute Gasteiger partial charge is 0.119 e. The monoisotopic (exact) mass is 253 g/mol. The quantitative estimate of drug-likeness (QED) is 0.675. The van der Waals surface area contributed by atoms with Crippen LogP contribution in [0, 0.1) is 0 Å². The molecule has 1 aromatic carbocycles. The van der Waals surface area contributed by atoms with E-state index in [-0.39, 0.29) is 0 Å². The fourth-order valence-corrected chi connectivity index (χ4v) is 1.69. The lowest BCUT2D eigenvalue weighted by atomic mass is 10.3. The number of hydrogen-bond donors (Lipinski definition) is 1. The molecular formula is C14H23NO3. The molecule has 4 nitrogen and oxygen atoms in total. The molecule has 0 saturated carbocycles. The van der Waals surface area contributed by atoms with Crippen molar-refractivity contribution < 1.29 is 14.6 Å². The number of aliphatic hydroxyl groups is 1. The summed E-state index contributed by atoms with van der Waals surface area (Å²) in [7, 11) is 3.68. The van der Waals surface area contributed by atoms with Crippen LogP contribution in [0.4, 0.5) is 0 Å². The normalized spacial score (nSPS) is 12.7. The average Bonchev–Trinajstić information content (AvgIpc) is 2.38. The number of likely N-dealkylation sites (N-methyl/N-ethyl adjacent to an activating group) is 1. The number of methoxy groups -OCH3 is 1. The molecule has 1 aromatic rings. The SMILES string of the molecule is COCCCN(C)CC(O)COc1ccccc1. The fraction of sp³-hybridized carbons (Fsp3) is 0.571. The van der Waals surface area contributed by atoms with Crippen LogP contribution >= 0.6 is 0 Å². The Morgan fingerprint density at radius 3 is 2.67 bits per heavy atom. The minimum absolute atomic E-state index is 0.318. The third-order valence-electron chi connectivity index (χ3n) is 2.60. The molecule has 0 saturated heterocycles. The van der Waals surface area contributed by atoms with Crippen LogP contribution in [0.5, 0.6) is 5.75 Å². The highest BCUT2D eigenvalue weighted by atomic mass is 16.5. The summed E-state index contributed by atoms with van der Waals surface area (Å²) in [5.74, 6) is 0.790. The molecule has 0 radical (unpaired) electrons. The van der Waals surface area contributed by atoms with E-state index in [9.17, 15) is 5.11 Å². The van der Waals surface area contributed by atoms with E-state index in [0.717, 1.165) is 25.3 Å². The van der Waals surface area contributed by atoms with E-state index in [0.29, 0.717) is 13.2 Å². The van der Waals surface area contributed by atoms with Crippen LogP contribution in [0.2, 0.25) is 0 Å². The predicted octanol–water partition coefficient (Wildman–Crippen LogP) is 1.39. The topological polar surface area (TPSA) is 41.9 Å². The van der Waals surface area contributed by atoms with E-state index >= 15 is 0 Å². The van der Waals surface area contributed by atoms with E-state index in [1.807, 2.05) is 37.4 Å². The van der Waals surface area contributed by atoms with Crippen LogP contribution in [-0.2, 0) is 4.74 Å². The van der Waals surface area contributed by atoms with Gasteiger partial charge in [-0.3, -0.25) is 0 Å². The Morgan fingerprint density at radius 2 is 2.00 bits per heavy atom. The maximum absolute atomic E-state index is 9.84. The van der Waals surface area contributed by atoms with E-state index in [1.54, 1.807) is 7.11 Å². The highest BCUT2D eigenvalue weighted by Gasteiger charge is 2.08. The first kappa shape index (κ1) is 15.0. The van der Waals surface area contributed by atoms with Crippen LogP contribution in [0.1, 0.15) is 6.42 Å². The van der Waals surface area contributed by atoms with Crippen LogP contribution < -0.4 is 4.74 Å². The molecule has 0 aromatic heterocycles. The van der Waals surface area contributed by atoms with Crippen molar-refractivity contribution in [1.82, 2.24) is 4.90 Å². The fourth-order valence-electron chi connectivity index (χ4n) is 1.69. The van der Waals surface area contributed by atoms with E-state index in [1.165, 1.54) is 0 Å². The van der Waals surface area contributed by atoms with Gasteiger partial charge in [-0.05, 0) is 25.6 Å². The number of hydrogen-bond acceptors (Lipinski definition) is 4. The third-order valence-corrected chi connectivity index (χ3v) is 2.60. The second-order valence-corrected chi connectivity index (χ2v) is 4.39. The second-order valence-electron chi connectivity index (χ2n) is 4.39. The van der Waals surface area contributed by atoms with Crippen molar-refractivity contribution in [1.29, 1.82) is 0 Å². The zero-order valence-corrected chi connectivity index (χ0v) is 11.2. The lowest BCUT2D eigenvalue weighted by Gasteiger charge is -2.20. The molecule has 102 valence electrons. The molecule has 0 aliphatic carbocycles. The summed E-state index contributed by atoms with van der Waals surface area (Å²) in [4.78, 5) is 2.08. The van der Waals surface area contributed by atoms with Gasteiger partial charge in [0.05, 0.1) is 0 Å². The average molecular weight is 253 g/mol. The van der Waals surface area contributed by atoms with Crippen LogP contribution in [0.3, 0.4) is 0 Å². The molecule has 1 N–H and O–H groups in total. The van der Waals surface area contributed by atoms with Crippen molar-refractivity contribution in [2.75, 3.05) is 40.5 Å². The summed E-state index contributed by atoms with van der Waals surface area (Å²) >= 11 is 0. The van der Waals surface area contributed by atoms with Gasteiger partial charge in [-0.1, -0.05) is 18.2 Å². The van der Waals surface area contributed by atoms with Crippen LogP contribution in [0.15, 0.2) is 30.3 Å². The molecule has 0 aliphatic heterocycles. The van der Waals surface area contributed by atoms with Gasteiger partial charge in [0.15, 0.2) is 0 Å². The van der Waals surface area contributed by atoms with Gasteiger partial charge in [0.2, 0.25) is 0 Å². The van der Waals surface area contributed by atoms with Gasteiger partial charge < -0.3 is 19.5 Å². The first-order chi connectivity index (χ1) is 8.72. The number of ether oxygens (including phenoxy) is 2. The van der Waals surface area contributed by atoms with E-state index < -0.39 is 6.10 Å². The van der Waals surface area contributed by atoms with E-state index in [2.05, 4.69) is 4.90 Å². The van der Waals surface area contributed by atoms with Crippen molar-refractivity contribution in [3.63, 3.8) is 0 Å². The first-order valence-corrected chi connectivity index (χ1v) is 6.25. The standard InChI is InChI=1S/C14H23NO3/c1-15(9-6-10-17-2)11-13(16)12-18-14-7-4-3-5-8-14/h3-5,7-8,13,16H,6,9-12H2,1-2H3. The number of benzene rings is 1. The van der Waals surface area contributed by atoms with E-state index in [4.69, 9.17) is 9.47 Å². The largest absolute Gasteiger partial charge is 0.491 e. The molecule has 0 amide bonds. The second kappa shape index (κ2) is 8.91. The van der Waals surface area contributed by atoms with Crippen molar-refractivity contribution in [3.8, 4) is 5.75 Å². The molecule has 0 spiro atoms. The van der Waals surface area contributed by atoms with Crippen molar-refractivity contribution in [2.45, 2.75) is 12.5 Å². The Kier molecular flexibility index (Phi) is 7.41. The molecule has 1 unspecified atom stereocenters. The molecule has 0 fully saturated rings. The van der Waals surface area contributed by atoms with Crippen molar-refractivity contribution in [2.24, 2.45) is 0 Å². The summed E-state index contributed by atoms with van der Waals surface area (Å²) in [6.07, 6.45) is 0.497. The summed E-state index contributed by atoms with van der Waals surface area (Å²) in [5, 5.41) is 9.84.